The quantitative estimate of drug-likeness (QED) is 0.784. The number of ether oxygens (including phenoxy) is 1. The van der Waals surface area contributed by atoms with Gasteiger partial charge >= 0.3 is 6.03 Å². The Balaban J connectivity index is 1.21. The van der Waals surface area contributed by atoms with E-state index in [1.165, 1.54) is 30.0 Å². The summed E-state index contributed by atoms with van der Waals surface area (Å²) >= 11 is 0. The predicted octanol–water partition coefficient (Wildman–Crippen LogP) is 3.62. The second-order valence-electron chi connectivity index (χ2n) is 7.61. The van der Waals surface area contributed by atoms with E-state index in [1.54, 1.807) is 17.0 Å². The van der Waals surface area contributed by atoms with Crippen molar-refractivity contribution in [2.75, 3.05) is 44.2 Å². The molecule has 1 aliphatic carbocycles. The summed E-state index contributed by atoms with van der Waals surface area (Å²) in [5, 5.41) is 2.94. The summed E-state index contributed by atoms with van der Waals surface area (Å²) in [7, 11) is 0. The van der Waals surface area contributed by atoms with Crippen LogP contribution < -0.4 is 15.0 Å². The number of carbonyl (C=O) groups excluding carboxylic acids is 1. The zero-order valence-electron chi connectivity index (χ0n) is 16.7. The van der Waals surface area contributed by atoms with Gasteiger partial charge in [0.2, 0.25) is 0 Å². The highest BCUT2D eigenvalue weighted by Gasteiger charge is 2.22. The van der Waals surface area contributed by atoms with E-state index in [2.05, 4.69) is 11.4 Å². The van der Waals surface area contributed by atoms with Crippen LogP contribution in [0.5, 0.6) is 5.75 Å². The van der Waals surface area contributed by atoms with Gasteiger partial charge in [-0.25, -0.2) is 9.18 Å². The van der Waals surface area contributed by atoms with Crippen molar-refractivity contribution in [3.63, 3.8) is 0 Å². The van der Waals surface area contributed by atoms with Crippen molar-refractivity contribution in [3.05, 3.63) is 59.4 Å². The summed E-state index contributed by atoms with van der Waals surface area (Å²) in [5.41, 5.74) is 3.33. The van der Waals surface area contributed by atoms with Crippen LogP contribution in [-0.4, -0.2) is 50.3 Å². The first-order valence-corrected chi connectivity index (χ1v) is 10.5. The first-order valence-electron chi connectivity index (χ1n) is 10.5. The van der Waals surface area contributed by atoms with Gasteiger partial charge in [0.1, 0.15) is 18.2 Å². The number of piperazine rings is 1. The fourth-order valence-electron chi connectivity index (χ4n) is 4.17. The number of nitrogens with one attached hydrogen (secondary N) is 1. The number of urea groups is 1. The van der Waals surface area contributed by atoms with Crippen LogP contribution in [0.2, 0.25) is 0 Å². The van der Waals surface area contributed by atoms with Crippen molar-refractivity contribution in [1.82, 2.24) is 10.2 Å². The average molecular weight is 397 g/mol. The third-order valence-electron chi connectivity index (χ3n) is 5.75. The van der Waals surface area contributed by atoms with Gasteiger partial charge in [-0.1, -0.05) is 24.3 Å². The van der Waals surface area contributed by atoms with E-state index < -0.39 is 0 Å². The molecule has 0 spiro atoms. The molecule has 154 valence electrons. The topological polar surface area (TPSA) is 44.8 Å². The second-order valence-corrected chi connectivity index (χ2v) is 7.61. The number of hydrogen-bond donors (Lipinski definition) is 1. The number of hydrogen-bond acceptors (Lipinski definition) is 3. The Hall–Kier alpha value is -2.76. The second kappa shape index (κ2) is 9.16. The number of para-hydroxylation sites is 1. The molecule has 2 aliphatic rings. The van der Waals surface area contributed by atoms with Gasteiger partial charge in [0.05, 0.1) is 12.2 Å². The molecule has 0 saturated carbocycles. The Kier molecular flexibility index (Phi) is 6.17. The lowest BCUT2D eigenvalue weighted by Crippen LogP contribution is -2.52. The fraction of sp³-hybridized carbons (Fsp3) is 0.435. The van der Waals surface area contributed by atoms with E-state index in [1.807, 2.05) is 23.1 Å². The largest absolute Gasteiger partial charge is 0.491 e. The van der Waals surface area contributed by atoms with Crippen molar-refractivity contribution in [2.24, 2.45) is 0 Å². The summed E-state index contributed by atoms with van der Waals surface area (Å²) < 4.78 is 19.9. The molecule has 5 nitrogen and oxygen atoms in total. The molecule has 0 atom stereocenters. The van der Waals surface area contributed by atoms with Crippen LogP contribution in [0.25, 0.3) is 0 Å². The minimum atomic E-state index is -0.217. The molecule has 29 heavy (non-hydrogen) atoms. The molecule has 1 N–H and O–H groups in total. The zero-order chi connectivity index (χ0) is 20.1. The average Bonchev–Trinajstić information content (AvgIpc) is 2.77. The van der Waals surface area contributed by atoms with E-state index in [9.17, 15) is 9.18 Å². The van der Waals surface area contributed by atoms with E-state index in [4.69, 9.17) is 4.74 Å². The van der Waals surface area contributed by atoms with Crippen LogP contribution in [0.4, 0.5) is 14.9 Å². The van der Waals surface area contributed by atoms with Crippen LogP contribution in [-0.2, 0) is 12.8 Å². The molecule has 0 aromatic heterocycles. The van der Waals surface area contributed by atoms with Gasteiger partial charge in [-0.15, -0.1) is 0 Å². The van der Waals surface area contributed by atoms with E-state index >= 15 is 0 Å². The van der Waals surface area contributed by atoms with Gasteiger partial charge in [-0.2, -0.15) is 0 Å². The highest BCUT2D eigenvalue weighted by Crippen LogP contribution is 2.29. The molecule has 2 aromatic carbocycles. The SMILES string of the molecule is O=C(NCCOc1cccc2c1CCCC2)N1CCN(c2ccccc2F)CC1. The maximum absolute atomic E-state index is 13.9. The number of aryl methyl sites for hydroxylation is 1. The summed E-state index contributed by atoms with van der Waals surface area (Å²) in [6.07, 6.45) is 4.66. The third-order valence-corrected chi connectivity index (χ3v) is 5.75. The molecular weight excluding hydrogens is 369 g/mol. The van der Waals surface area contributed by atoms with Crippen LogP contribution in [0.15, 0.2) is 42.5 Å². The number of fused-ring (bicyclic) bond motifs is 1. The third kappa shape index (κ3) is 4.63. The number of rotatable bonds is 5. The van der Waals surface area contributed by atoms with Crippen LogP contribution in [0.3, 0.4) is 0 Å². The van der Waals surface area contributed by atoms with Crippen molar-refractivity contribution in [2.45, 2.75) is 25.7 Å². The minimum Gasteiger partial charge on any atom is -0.491 e. The maximum atomic E-state index is 13.9. The van der Waals surface area contributed by atoms with Gasteiger partial charge in [0.25, 0.3) is 0 Å². The Morgan fingerprint density at radius 3 is 2.62 bits per heavy atom. The maximum Gasteiger partial charge on any atom is 0.317 e. The fourth-order valence-corrected chi connectivity index (χ4v) is 4.17. The molecule has 0 unspecified atom stereocenters. The Morgan fingerprint density at radius 1 is 1.00 bits per heavy atom. The smallest absolute Gasteiger partial charge is 0.317 e. The Bertz CT molecular complexity index is 850. The van der Waals surface area contributed by atoms with E-state index in [0.29, 0.717) is 45.0 Å². The molecule has 6 heteroatoms. The molecule has 4 rings (SSSR count). The molecule has 2 aromatic rings. The van der Waals surface area contributed by atoms with Crippen LogP contribution in [0, 0.1) is 5.82 Å². The number of nitrogens with zero attached hydrogens (tertiary/aromatic N) is 2. The highest BCUT2D eigenvalue weighted by atomic mass is 19.1. The summed E-state index contributed by atoms with van der Waals surface area (Å²) in [6.45, 7) is 3.33. The van der Waals surface area contributed by atoms with Gasteiger partial charge in [-0.05, 0) is 55.0 Å². The molecule has 0 radical (unpaired) electrons. The highest BCUT2D eigenvalue weighted by molar-refractivity contribution is 5.74. The van der Waals surface area contributed by atoms with Crippen molar-refractivity contribution in [1.29, 1.82) is 0 Å². The molecule has 1 heterocycles. The van der Waals surface area contributed by atoms with Crippen molar-refractivity contribution < 1.29 is 13.9 Å². The van der Waals surface area contributed by atoms with Gasteiger partial charge in [0, 0.05) is 26.2 Å². The van der Waals surface area contributed by atoms with E-state index in [-0.39, 0.29) is 11.8 Å². The summed E-state index contributed by atoms with van der Waals surface area (Å²) in [4.78, 5) is 16.2. The summed E-state index contributed by atoms with van der Waals surface area (Å²) in [6, 6.07) is 12.9. The molecular formula is C23H28FN3O2. The number of benzene rings is 2. The lowest BCUT2D eigenvalue weighted by Gasteiger charge is -2.36. The first-order chi connectivity index (χ1) is 14.2. The standard InChI is InChI=1S/C23H28FN3O2/c24-20-9-3-4-10-21(20)26-13-15-27(16-14-26)23(28)25-12-17-29-22-11-5-7-18-6-1-2-8-19(18)22/h3-5,7,9-11H,1-2,6,8,12-17H2,(H,25,28). The minimum absolute atomic E-state index is 0.0862. The molecule has 1 aliphatic heterocycles. The van der Waals surface area contributed by atoms with Crippen LogP contribution in [0.1, 0.15) is 24.0 Å². The molecule has 0 bridgehead atoms. The van der Waals surface area contributed by atoms with Gasteiger partial charge in [-0.3, -0.25) is 0 Å². The van der Waals surface area contributed by atoms with Crippen molar-refractivity contribution >= 4 is 11.7 Å². The number of amides is 2. The molecule has 2 amide bonds. The Labute approximate surface area is 171 Å². The van der Waals surface area contributed by atoms with Crippen LogP contribution >= 0.6 is 0 Å². The lowest BCUT2D eigenvalue weighted by atomic mass is 9.91. The van der Waals surface area contributed by atoms with Crippen molar-refractivity contribution in [3.8, 4) is 5.75 Å². The normalized spacial score (nSPS) is 16.3. The van der Waals surface area contributed by atoms with Gasteiger partial charge in [0.15, 0.2) is 0 Å². The molecule has 1 saturated heterocycles. The zero-order valence-corrected chi connectivity index (χ0v) is 16.7. The summed E-state index contributed by atoms with van der Waals surface area (Å²) in [5.74, 6) is 0.737. The monoisotopic (exact) mass is 397 g/mol. The first kappa shape index (κ1) is 19.6. The number of carbonyl (C=O) groups is 1. The predicted molar refractivity (Wildman–Crippen MR) is 112 cm³/mol. The Morgan fingerprint density at radius 2 is 1.79 bits per heavy atom. The molecule has 1 fully saturated rings. The number of anilines is 1. The number of halogens is 1. The van der Waals surface area contributed by atoms with E-state index in [0.717, 1.165) is 18.6 Å². The van der Waals surface area contributed by atoms with Gasteiger partial charge < -0.3 is 19.9 Å². The lowest BCUT2D eigenvalue weighted by molar-refractivity contribution is 0.191.